The summed E-state index contributed by atoms with van der Waals surface area (Å²) in [6.07, 6.45) is 4.82. The third-order valence-corrected chi connectivity index (χ3v) is 4.23. The quantitative estimate of drug-likeness (QED) is 0.633. The summed E-state index contributed by atoms with van der Waals surface area (Å²) < 4.78 is 0. The molecular weight excluding hydrogens is 180 g/mol. The van der Waals surface area contributed by atoms with Gasteiger partial charge in [0.05, 0.1) is 0 Å². The molecule has 1 saturated carbocycles. The van der Waals surface area contributed by atoms with Crippen molar-refractivity contribution in [2.75, 3.05) is 0 Å². The maximum Gasteiger partial charge on any atom is -0.00566 e. The van der Waals surface area contributed by atoms with Crippen LogP contribution in [0.4, 0.5) is 0 Å². The first-order valence-corrected chi connectivity index (χ1v) is 6.02. The minimum absolute atomic E-state index is 0.793. The van der Waals surface area contributed by atoms with Crippen LogP contribution >= 0.6 is 0 Å². The lowest BCUT2D eigenvalue weighted by atomic mass is 9.47. The van der Waals surface area contributed by atoms with E-state index in [0.29, 0.717) is 0 Å². The largest absolute Gasteiger partial charge is 0.0842 e. The van der Waals surface area contributed by atoms with E-state index in [4.69, 9.17) is 0 Å². The summed E-state index contributed by atoms with van der Waals surface area (Å²) in [4.78, 5) is 0. The van der Waals surface area contributed by atoms with Crippen LogP contribution in [0.2, 0.25) is 0 Å². The molecule has 3 rings (SSSR count). The average molecular weight is 198 g/mol. The molecule has 0 nitrogen and oxygen atoms in total. The normalized spacial score (nSPS) is 37.0. The van der Waals surface area contributed by atoms with Gasteiger partial charge in [-0.25, -0.2) is 0 Å². The van der Waals surface area contributed by atoms with E-state index in [1.807, 2.05) is 0 Å². The highest BCUT2D eigenvalue weighted by Crippen LogP contribution is 2.60. The molecule has 2 aliphatic rings. The fourth-order valence-corrected chi connectivity index (χ4v) is 3.44. The number of fused-ring (bicyclic) bond motifs is 1. The molecule has 4 atom stereocenters. The minimum Gasteiger partial charge on any atom is -0.0842 e. The number of benzene rings is 1. The summed E-state index contributed by atoms with van der Waals surface area (Å²) in [6.45, 7) is 4.73. The first-order valence-electron chi connectivity index (χ1n) is 6.02. The number of allylic oxidation sites excluding steroid dienone is 2. The molecule has 1 aromatic carbocycles. The van der Waals surface area contributed by atoms with Crippen molar-refractivity contribution in [2.45, 2.75) is 19.8 Å². The summed E-state index contributed by atoms with van der Waals surface area (Å²) in [5, 5.41) is 0. The Morgan fingerprint density at radius 2 is 1.60 bits per heavy atom. The van der Waals surface area contributed by atoms with Gasteiger partial charge in [0, 0.05) is 0 Å². The molecule has 0 aliphatic heterocycles. The molecule has 0 aromatic heterocycles. The third kappa shape index (κ3) is 1.20. The molecule has 0 spiro atoms. The summed E-state index contributed by atoms with van der Waals surface area (Å²) in [5.74, 6) is 4.21. The summed E-state index contributed by atoms with van der Waals surface area (Å²) in [6, 6.07) is 11.0. The van der Waals surface area contributed by atoms with Crippen LogP contribution in [0.15, 0.2) is 42.5 Å². The van der Waals surface area contributed by atoms with Crippen LogP contribution in [0.3, 0.4) is 0 Å². The van der Waals surface area contributed by atoms with Gasteiger partial charge in [0.2, 0.25) is 0 Å². The van der Waals surface area contributed by atoms with E-state index in [0.717, 1.165) is 29.6 Å². The molecule has 0 radical (unpaired) electrons. The van der Waals surface area contributed by atoms with Crippen molar-refractivity contribution in [3.05, 3.63) is 48.0 Å². The highest BCUT2D eigenvalue weighted by Gasteiger charge is 2.52. The predicted octanol–water partition coefficient (Wildman–Crippen LogP) is 3.86. The Hall–Kier alpha value is -1.04. The molecule has 0 heteroatoms. The van der Waals surface area contributed by atoms with Crippen LogP contribution in [0.1, 0.15) is 25.3 Å². The van der Waals surface area contributed by atoms with E-state index in [1.165, 1.54) is 0 Å². The maximum atomic E-state index is 2.41. The van der Waals surface area contributed by atoms with Crippen molar-refractivity contribution in [1.82, 2.24) is 0 Å². The van der Waals surface area contributed by atoms with E-state index < -0.39 is 0 Å². The van der Waals surface area contributed by atoms with Gasteiger partial charge in [0.1, 0.15) is 0 Å². The van der Waals surface area contributed by atoms with Gasteiger partial charge >= 0.3 is 0 Å². The van der Waals surface area contributed by atoms with Crippen LogP contribution in [-0.4, -0.2) is 0 Å². The maximum absolute atomic E-state index is 2.41. The zero-order chi connectivity index (χ0) is 10.4. The molecule has 0 amide bonds. The lowest BCUT2D eigenvalue weighted by Crippen LogP contribution is -2.49. The number of hydrogen-bond acceptors (Lipinski definition) is 0. The van der Waals surface area contributed by atoms with Crippen molar-refractivity contribution >= 4 is 0 Å². The van der Waals surface area contributed by atoms with Gasteiger partial charge in [-0.05, 0) is 35.2 Å². The summed E-state index contributed by atoms with van der Waals surface area (Å²) in [5.41, 5.74) is 1.54. The zero-order valence-corrected chi connectivity index (χ0v) is 9.43. The van der Waals surface area contributed by atoms with Crippen molar-refractivity contribution in [3.8, 4) is 0 Å². The minimum atomic E-state index is 0.793. The second-order valence-electron chi connectivity index (χ2n) is 5.30. The van der Waals surface area contributed by atoms with Crippen molar-refractivity contribution in [3.63, 3.8) is 0 Å². The Labute approximate surface area is 92.0 Å². The Morgan fingerprint density at radius 3 is 2.13 bits per heavy atom. The van der Waals surface area contributed by atoms with Crippen molar-refractivity contribution in [2.24, 2.45) is 23.7 Å². The Kier molecular flexibility index (Phi) is 1.98. The molecule has 2 aliphatic carbocycles. The number of rotatable bonds is 2. The van der Waals surface area contributed by atoms with Crippen molar-refractivity contribution in [1.29, 1.82) is 0 Å². The van der Waals surface area contributed by atoms with Gasteiger partial charge in [0.25, 0.3) is 0 Å². The van der Waals surface area contributed by atoms with Crippen LogP contribution in [0.25, 0.3) is 0 Å². The van der Waals surface area contributed by atoms with Crippen LogP contribution in [-0.2, 0) is 0 Å². The molecule has 1 fully saturated rings. The topological polar surface area (TPSA) is 0 Å². The van der Waals surface area contributed by atoms with Crippen LogP contribution < -0.4 is 0 Å². The molecular formula is C15H18. The Balaban J connectivity index is 1.90. The van der Waals surface area contributed by atoms with Gasteiger partial charge < -0.3 is 0 Å². The number of hydrogen-bond donors (Lipinski definition) is 0. The molecule has 1 aromatic rings. The SMILES string of the molecule is CC(C)[C@@H]1C2C=CC2[C@H]1c1ccccc1. The van der Waals surface area contributed by atoms with E-state index in [-0.39, 0.29) is 0 Å². The van der Waals surface area contributed by atoms with Gasteiger partial charge in [-0.15, -0.1) is 0 Å². The molecule has 0 heterocycles. The lowest BCUT2D eigenvalue weighted by Gasteiger charge is -2.57. The van der Waals surface area contributed by atoms with Gasteiger partial charge in [-0.1, -0.05) is 56.3 Å². The smallest absolute Gasteiger partial charge is 0.00566 e. The molecule has 0 saturated heterocycles. The molecule has 0 bridgehead atoms. The van der Waals surface area contributed by atoms with E-state index in [1.54, 1.807) is 5.56 Å². The Morgan fingerprint density at radius 1 is 0.933 bits per heavy atom. The van der Waals surface area contributed by atoms with Gasteiger partial charge in [0.15, 0.2) is 0 Å². The lowest BCUT2D eigenvalue weighted by molar-refractivity contribution is 0.0407. The summed E-state index contributed by atoms with van der Waals surface area (Å²) >= 11 is 0. The van der Waals surface area contributed by atoms with Gasteiger partial charge in [-0.3, -0.25) is 0 Å². The molecule has 2 unspecified atom stereocenters. The molecule has 0 N–H and O–H groups in total. The zero-order valence-electron chi connectivity index (χ0n) is 9.43. The first kappa shape index (κ1) is 9.21. The van der Waals surface area contributed by atoms with E-state index >= 15 is 0 Å². The fraction of sp³-hybridized carbons (Fsp3) is 0.467. The highest BCUT2D eigenvalue weighted by atomic mass is 14.6. The summed E-state index contributed by atoms with van der Waals surface area (Å²) in [7, 11) is 0. The standard InChI is InChI=1S/C15H18/c1-10(2)14-12-8-9-13(12)15(14)11-6-4-3-5-7-11/h3-10,12-15H,1-2H3/t12?,13?,14-,15-/m1/s1. The van der Waals surface area contributed by atoms with Crippen molar-refractivity contribution < 1.29 is 0 Å². The average Bonchev–Trinajstić information content (AvgIpc) is 2.21. The van der Waals surface area contributed by atoms with Crippen LogP contribution in [0, 0.1) is 23.7 Å². The molecule has 78 valence electrons. The second kappa shape index (κ2) is 3.23. The molecule has 15 heavy (non-hydrogen) atoms. The first-order chi connectivity index (χ1) is 7.29. The Bertz CT molecular complexity index is 374. The highest BCUT2D eigenvalue weighted by molar-refractivity contribution is 5.34. The van der Waals surface area contributed by atoms with E-state index in [9.17, 15) is 0 Å². The fourth-order valence-electron chi connectivity index (χ4n) is 3.44. The van der Waals surface area contributed by atoms with E-state index in [2.05, 4.69) is 56.3 Å². The van der Waals surface area contributed by atoms with Gasteiger partial charge in [-0.2, -0.15) is 0 Å². The predicted molar refractivity (Wildman–Crippen MR) is 63.6 cm³/mol. The van der Waals surface area contributed by atoms with Crippen LogP contribution in [0.5, 0.6) is 0 Å². The second-order valence-corrected chi connectivity index (χ2v) is 5.30. The third-order valence-electron chi connectivity index (χ3n) is 4.23. The monoisotopic (exact) mass is 198 g/mol.